The first-order valence-corrected chi connectivity index (χ1v) is 9.05. The monoisotopic (exact) mass is 380 g/mol. The van der Waals surface area contributed by atoms with E-state index in [9.17, 15) is 14.4 Å². The van der Waals surface area contributed by atoms with Crippen LogP contribution in [0, 0.1) is 11.3 Å². The Kier molecular flexibility index (Phi) is 5.73. The number of hydrogen-bond donors (Lipinski definition) is 0. The number of rotatable bonds is 5. The molecule has 1 aliphatic heterocycles. The summed E-state index contributed by atoms with van der Waals surface area (Å²) in [6.45, 7) is 9.25. The zero-order valence-corrected chi connectivity index (χ0v) is 17.1. The van der Waals surface area contributed by atoms with E-state index >= 15 is 0 Å². The third-order valence-corrected chi connectivity index (χ3v) is 5.61. The van der Waals surface area contributed by atoms with Gasteiger partial charge in [-0.05, 0) is 37.5 Å². The van der Waals surface area contributed by atoms with Crippen molar-refractivity contribution in [1.29, 1.82) is 0 Å². The van der Waals surface area contributed by atoms with Gasteiger partial charge in [0.1, 0.15) is 0 Å². The van der Waals surface area contributed by atoms with Crippen molar-refractivity contribution in [2.75, 3.05) is 20.8 Å². The Labute approximate surface area is 159 Å². The Morgan fingerprint density at radius 3 is 1.96 bits per heavy atom. The quantitative estimate of drug-likeness (QED) is 0.412. The second kappa shape index (κ2) is 7.37. The number of carbonyl (C=O) groups is 3. The maximum absolute atomic E-state index is 12.9. The molecule has 0 aromatic rings. The Morgan fingerprint density at radius 2 is 1.52 bits per heavy atom. The number of methoxy groups -OCH3 is 2. The predicted octanol–water partition coefficient (Wildman–Crippen LogP) is 2.69. The molecule has 1 aliphatic carbocycles. The van der Waals surface area contributed by atoms with Gasteiger partial charge in [-0.1, -0.05) is 13.8 Å². The summed E-state index contributed by atoms with van der Waals surface area (Å²) in [5.74, 6) is -1.50. The van der Waals surface area contributed by atoms with E-state index in [1.54, 1.807) is 20.8 Å². The standard InChI is InChI=1S/C20H28O7/c1-8-26-18(23)20(11(2)3)12(4)14-9-19(16(21)24-6,17(22)25-7)10-15(14)13(5)27-20/h11H,8-10H2,1-7H3. The molecule has 1 heterocycles. The van der Waals surface area contributed by atoms with E-state index in [4.69, 9.17) is 18.9 Å². The van der Waals surface area contributed by atoms with Crippen molar-refractivity contribution in [1.82, 2.24) is 0 Å². The maximum Gasteiger partial charge on any atom is 0.355 e. The largest absolute Gasteiger partial charge is 0.475 e. The molecular weight excluding hydrogens is 352 g/mol. The van der Waals surface area contributed by atoms with Crippen LogP contribution in [0.3, 0.4) is 0 Å². The summed E-state index contributed by atoms with van der Waals surface area (Å²) in [7, 11) is 2.48. The van der Waals surface area contributed by atoms with Gasteiger partial charge in [0, 0.05) is 18.8 Å². The van der Waals surface area contributed by atoms with Crippen molar-refractivity contribution >= 4 is 17.9 Å². The van der Waals surface area contributed by atoms with Gasteiger partial charge in [-0.3, -0.25) is 9.59 Å². The lowest BCUT2D eigenvalue weighted by molar-refractivity contribution is -0.169. The first-order valence-electron chi connectivity index (χ1n) is 9.05. The molecule has 0 aromatic heterocycles. The van der Waals surface area contributed by atoms with Crippen LogP contribution in [0.2, 0.25) is 0 Å². The van der Waals surface area contributed by atoms with Crippen LogP contribution in [0.5, 0.6) is 0 Å². The lowest BCUT2D eigenvalue weighted by Gasteiger charge is -2.41. The van der Waals surface area contributed by atoms with Gasteiger partial charge in [0.05, 0.1) is 26.6 Å². The highest BCUT2D eigenvalue weighted by Crippen LogP contribution is 2.54. The second-order valence-electron chi connectivity index (χ2n) is 7.27. The number of esters is 3. The maximum atomic E-state index is 12.9. The highest BCUT2D eigenvalue weighted by atomic mass is 16.6. The Balaban J connectivity index is 2.67. The van der Waals surface area contributed by atoms with E-state index in [-0.39, 0.29) is 25.4 Å². The van der Waals surface area contributed by atoms with Gasteiger partial charge in [0.15, 0.2) is 5.41 Å². The van der Waals surface area contributed by atoms with Gasteiger partial charge in [-0.25, -0.2) is 4.79 Å². The number of hydrogen-bond acceptors (Lipinski definition) is 7. The fourth-order valence-corrected chi connectivity index (χ4v) is 4.16. The zero-order chi connectivity index (χ0) is 20.6. The molecule has 0 saturated heterocycles. The summed E-state index contributed by atoms with van der Waals surface area (Å²) in [6, 6.07) is 0. The average Bonchev–Trinajstić information content (AvgIpc) is 3.06. The SMILES string of the molecule is CCOC(=O)C1(C(C)C)OC(C)=C2CC(C(=O)OC)(C(=O)OC)CC2=C1C. The molecule has 1 fully saturated rings. The number of fused-ring (bicyclic) bond motifs is 1. The fourth-order valence-electron chi connectivity index (χ4n) is 4.16. The van der Waals surface area contributed by atoms with E-state index in [1.165, 1.54) is 14.2 Å². The topological polar surface area (TPSA) is 88.1 Å². The highest BCUT2D eigenvalue weighted by Gasteiger charge is 2.59. The lowest BCUT2D eigenvalue weighted by atomic mass is 9.77. The fraction of sp³-hybridized carbons (Fsp3) is 0.650. The summed E-state index contributed by atoms with van der Waals surface area (Å²) in [5.41, 5.74) is -0.602. The molecule has 2 rings (SSSR count). The van der Waals surface area contributed by atoms with Gasteiger partial charge in [0.25, 0.3) is 0 Å². The molecule has 150 valence electrons. The van der Waals surface area contributed by atoms with E-state index in [0.717, 1.165) is 11.1 Å². The molecular formula is C20H28O7. The molecule has 7 heteroatoms. The average molecular weight is 380 g/mol. The smallest absolute Gasteiger partial charge is 0.355 e. The minimum Gasteiger partial charge on any atom is -0.475 e. The molecule has 1 unspecified atom stereocenters. The molecule has 27 heavy (non-hydrogen) atoms. The number of carbonyl (C=O) groups excluding carboxylic acids is 3. The van der Waals surface area contributed by atoms with Crippen LogP contribution in [0.1, 0.15) is 47.5 Å². The van der Waals surface area contributed by atoms with Crippen LogP contribution in [0.25, 0.3) is 0 Å². The van der Waals surface area contributed by atoms with Crippen molar-refractivity contribution in [3.05, 3.63) is 22.5 Å². The van der Waals surface area contributed by atoms with E-state index in [0.29, 0.717) is 11.3 Å². The third-order valence-electron chi connectivity index (χ3n) is 5.61. The van der Waals surface area contributed by atoms with E-state index in [2.05, 4.69) is 0 Å². The van der Waals surface area contributed by atoms with Gasteiger partial charge >= 0.3 is 17.9 Å². The highest BCUT2D eigenvalue weighted by molar-refractivity contribution is 6.02. The van der Waals surface area contributed by atoms with Crippen molar-refractivity contribution in [2.24, 2.45) is 11.3 Å². The van der Waals surface area contributed by atoms with E-state index in [1.807, 2.05) is 13.8 Å². The number of ether oxygens (including phenoxy) is 4. The zero-order valence-electron chi connectivity index (χ0n) is 17.1. The van der Waals surface area contributed by atoms with E-state index < -0.39 is 28.9 Å². The first kappa shape index (κ1) is 21.0. The normalized spacial score (nSPS) is 23.7. The van der Waals surface area contributed by atoms with Crippen LogP contribution >= 0.6 is 0 Å². The molecule has 0 spiro atoms. The summed E-state index contributed by atoms with van der Waals surface area (Å²) in [5, 5.41) is 0. The van der Waals surface area contributed by atoms with Crippen LogP contribution in [0.15, 0.2) is 22.5 Å². The Morgan fingerprint density at radius 1 is 1.00 bits per heavy atom. The van der Waals surface area contributed by atoms with Gasteiger partial charge in [-0.2, -0.15) is 0 Å². The summed E-state index contributed by atoms with van der Waals surface area (Å²) in [4.78, 5) is 37.9. The first-order chi connectivity index (χ1) is 12.6. The molecule has 0 amide bonds. The molecule has 0 N–H and O–H groups in total. The van der Waals surface area contributed by atoms with Crippen molar-refractivity contribution in [2.45, 2.75) is 53.1 Å². The van der Waals surface area contributed by atoms with Crippen LogP contribution in [-0.4, -0.2) is 44.3 Å². The second-order valence-corrected chi connectivity index (χ2v) is 7.27. The van der Waals surface area contributed by atoms with Crippen molar-refractivity contribution in [3.63, 3.8) is 0 Å². The third kappa shape index (κ3) is 2.93. The predicted molar refractivity (Wildman–Crippen MR) is 96.4 cm³/mol. The molecule has 0 bridgehead atoms. The summed E-state index contributed by atoms with van der Waals surface area (Å²) in [6.07, 6.45) is 0.212. The van der Waals surface area contributed by atoms with Crippen LogP contribution in [-0.2, 0) is 33.3 Å². The Hall–Kier alpha value is -2.31. The molecule has 0 radical (unpaired) electrons. The Bertz CT molecular complexity index is 713. The summed E-state index contributed by atoms with van der Waals surface area (Å²) < 4.78 is 21.2. The van der Waals surface area contributed by atoms with Crippen LogP contribution in [0.4, 0.5) is 0 Å². The minimum atomic E-state index is -1.47. The summed E-state index contributed by atoms with van der Waals surface area (Å²) >= 11 is 0. The van der Waals surface area contributed by atoms with Gasteiger partial charge in [-0.15, -0.1) is 0 Å². The molecule has 1 saturated carbocycles. The molecule has 7 nitrogen and oxygen atoms in total. The molecule has 0 aromatic carbocycles. The van der Waals surface area contributed by atoms with Gasteiger partial charge < -0.3 is 18.9 Å². The number of allylic oxidation sites excluding steroid dienone is 3. The molecule has 2 aliphatic rings. The molecule has 1 atom stereocenters. The van der Waals surface area contributed by atoms with Gasteiger partial charge in [0.2, 0.25) is 5.60 Å². The van der Waals surface area contributed by atoms with Crippen molar-refractivity contribution in [3.8, 4) is 0 Å². The van der Waals surface area contributed by atoms with Crippen LogP contribution < -0.4 is 0 Å². The van der Waals surface area contributed by atoms with Crippen molar-refractivity contribution < 1.29 is 33.3 Å². The lowest BCUT2D eigenvalue weighted by Crippen LogP contribution is -2.50. The minimum absolute atomic E-state index is 0.0993.